The topological polar surface area (TPSA) is 12.0 Å². The van der Waals surface area contributed by atoms with Crippen molar-refractivity contribution < 1.29 is 0 Å². The predicted octanol–water partition coefficient (Wildman–Crippen LogP) is 5.15. The van der Waals surface area contributed by atoms with Gasteiger partial charge in [0.25, 0.3) is 0 Å². The van der Waals surface area contributed by atoms with Crippen molar-refractivity contribution in [3.05, 3.63) is 35.4 Å². The smallest absolute Gasteiger partial charge is 0.00753 e. The molecule has 1 rings (SSSR count). The monoisotopic (exact) mass is 275 g/mol. The highest BCUT2D eigenvalue weighted by Gasteiger charge is 2.16. The number of hydrogen-bond acceptors (Lipinski definition) is 1. The van der Waals surface area contributed by atoms with Crippen LogP contribution in [0.4, 0.5) is 0 Å². The summed E-state index contributed by atoms with van der Waals surface area (Å²) >= 11 is 0. The lowest BCUT2D eigenvalue weighted by Gasteiger charge is -2.25. The van der Waals surface area contributed by atoms with Gasteiger partial charge in [-0.2, -0.15) is 0 Å². The Morgan fingerprint density at radius 2 is 1.45 bits per heavy atom. The minimum Gasteiger partial charge on any atom is -0.314 e. The lowest BCUT2D eigenvalue weighted by atomic mass is 9.89. The van der Waals surface area contributed by atoms with Crippen LogP contribution in [0.5, 0.6) is 0 Å². The highest BCUT2D eigenvalue weighted by molar-refractivity contribution is 5.24. The molecular weight excluding hydrogens is 242 g/mol. The van der Waals surface area contributed by atoms with Gasteiger partial charge in [0.05, 0.1) is 0 Å². The van der Waals surface area contributed by atoms with Gasteiger partial charge in [0.2, 0.25) is 0 Å². The third kappa shape index (κ3) is 6.56. The average Bonchev–Trinajstić information content (AvgIpc) is 2.36. The maximum atomic E-state index is 3.76. The second kappa shape index (κ2) is 8.46. The van der Waals surface area contributed by atoms with Gasteiger partial charge in [0.15, 0.2) is 0 Å². The van der Waals surface area contributed by atoms with Gasteiger partial charge < -0.3 is 5.32 Å². The van der Waals surface area contributed by atoms with E-state index in [2.05, 4.69) is 71.1 Å². The maximum absolute atomic E-state index is 3.76. The molecule has 0 aliphatic heterocycles. The Morgan fingerprint density at radius 3 is 1.95 bits per heavy atom. The molecule has 1 aromatic rings. The fourth-order valence-corrected chi connectivity index (χ4v) is 2.69. The fourth-order valence-electron chi connectivity index (χ4n) is 2.69. The van der Waals surface area contributed by atoms with Gasteiger partial charge in [-0.1, -0.05) is 64.4 Å². The van der Waals surface area contributed by atoms with E-state index in [1.807, 2.05) is 0 Å². The van der Waals surface area contributed by atoms with Crippen LogP contribution in [0, 0.1) is 18.8 Å². The quantitative estimate of drug-likeness (QED) is 0.692. The number of aryl methyl sites for hydroxylation is 1. The zero-order chi connectivity index (χ0) is 15.1. The third-order valence-electron chi connectivity index (χ3n) is 3.86. The molecule has 114 valence electrons. The number of rotatable bonds is 8. The first-order chi connectivity index (χ1) is 9.38. The molecule has 1 aromatic carbocycles. The molecule has 0 spiro atoms. The Balaban J connectivity index is 2.60. The van der Waals surface area contributed by atoms with Crippen molar-refractivity contribution in [2.75, 3.05) is 6.54 Å². The van der Waals surface area contributed by atoms with Crippen LogP contribution in [0.3, 0.4) is 0 Å². The third-order valence-corrected chi connectivity index (χ3v) is 3.86. The Kier molecular flexibility index (Phi) is 7.29. The van der Waals surface area contributed by atoms with Gasteiger partial charge >= 0.3 is 0 Å². The van der Waals surface area contributed by atoms with Gasteiger partial charge in [0, 0.05) is 6.04 Å². The van der Waals surface area contributed by atoms with Crippen LogP contribution in [0.2, 0.25) is 0 Å². The molecule has 0 radical (unpaired) electrons. The average molecular weight is 275 g/mol. The molecule has 0 fully saturated rings. The molecule has 0 saturated carbocycles. The summed E-state index contributed by atoms with van der Waals surface area (Å²) in [6.45, 7) is 14.8. The van der Waals surface area contributed by atoms with E-state index < -0.39 is 0 Å². The lowest BCUT2D eigenvalue weighted by Crippen LogP contribution is -2.34. The van der Waals surface area contributed by atoms with Crippen LogP contribution in [-0.2, 0) is 0 Å². The first kappa shape index (κ1) is 17.2. The van der Waals surface area contributed by atoms with E-state index in [-0.39, 0.29) is 0 Å². The second-order valence-electron chi connectivity index (χ2n) is 7.18. The predicted molar refractivity (Wildman–Crippen MR) is 90.3 cm³/mol. The molecule has 0 aromatic heterocycles. The summed E-state index contributed by atoms with van der Waals surface area (Å²) in [6, 6.07) is 9.66. The van der Waals surface area contributed by atoms with Crippen LogP contribution in [0.15, 0.2) is 24.3 Å². The van der Waals surface area contributed by atoms with E-state index in [1.54, 1.807) is 0 Å². The van der Waals surface area contributed by atoms with Crippen molar-refractivity contribution in [2.45, 2.75) is 66.3 Å². The van der Waals surface area contributed by atoms with Gasteiger partial charge in [-0.25, -0.2) is 0 Å². The molecule has 1 heteroatoms. The molecule has 20 heavy (non-hydrogen) atoms. The van der Waals surface area contributed by atoms with Crippen LogP contribution in [0.25, 0.3) is 0 Å². The molecule has 0 aliphatic carbocycles. The summed E-state index contributed by atoms with van der Waals surface area (Å²) < 4.78 is 0. The largest absolute Gasteiger partial charge is 0.314 e. The van der Waals surface area contributed by atoms with E-state index in [0.717, 1.165) is 18.4 Å². The highest BCUT2D eigenvalue weighted by atomic mass is 14.9. The normalized spacial score (nSPS) is 14.8. The fraction of sp³-hybridized carbons (Fsp3) is 0.684. The zero-order valence-corrected chi connectivity index (χ0v) is 14.2. The first-order valence-corrected chi connectivity index (χ1v) is 8.18. The Bertz CT molecular complexity index is 364. The van der Waals surface area contributed by atoms with Crippen LogP contribution in [-0.4, -0.2) is 12.6 Å². The van der Waals surface area contributed by atoms with E-state index >= 15 is 0 Å². The molecule has 1 N–H and O–H groups in total. The number of benzene rings is 1. The summed E-state index contributed by atoms with van der Waals surface area (Å²) in [5.74, 6) is 2.10. The molecular formula is C19H33N. The summed E-state index contributed by atoms with van der Waals surface area (Å²) in [5.41, 5.74) is 2.81. The van der Waals surface area contributed by atoms with Crippen molar-refractivity contribution >= 4 is 0 Å². The van der Waals surface area contributed by atoms with E-state index in [9.17, 15) is 0 Å². The summed E-state index contributed by atoms with van der Waals surface area (Å²) in [7, 11) is 0. The van der Waals surface area contributed by atoms with Crippen molar-refractivity contribution in [2.24, 2.45) is 11.8 Å². The number of hydrogen-bond donors (Lipinski definition) is 1. The van der Waals surface area contributed by atoms with Crippen LogP contribution >= 0.6 is 0 Å². The molecule has 1 nitrogen and oxygen atoms in total. The molecule has 0 aliphatic rings. The zero-order valence-electron chi connectivity index (χ0n) is 14.2. The maximum Gasteiger partial charge on any atom is 0.00753 e. The Labute approximate surface area is 126 Å². The number of nitrogens with one attached hydrogen (secondary N) is 1. The van der Waals surface area contributed by atoms with Crippen molar-refractivity contribution in [1.82, 2.24) is 5.32 Å². The van der Waals surface area contributed by atoms with Crippen molar-refractivity contribution in [3.63, 3.8) is 0 Å². The molecule has 2 unspecified atom stereocenters. The molecule has 2 atom stereocenters. The van der Waals surface area contributed by atoms with E-state index in [1.165, 1.54) is 24.0 Å². The SMILES string of the molecule is Cc1ccc(C(C)CC(CC(C)C)NCC(C)C)cc1. The van der Waals surface area contributed by atoms with Gasteiger partial charge in [-0.15, -0.1) is 0 Å². The summed E-state index contributed by atoms with van der Waals surface area (Å²) in [5, 5.41) is 3.76. The molecule has 0 heterocycles. The van der Waals surface area contributed by atoms with Crippen molar-refractivity contribution in [1.29, 1.82) is 0 Å². The van der Waals surface area contributed by atoms with E-state index in [0.29, 0.717) is 12.0 Å². The van der Waals surface area contributed by atoms with Crippen molar-refractivity contribution in [3.8, 4) is 0 Å². The van der Waals surface area contributed by atoms with Gasteiger partial charge in [-0.3, -0.25) is 0 Å². The van der Waals surface area contributed by atoms with Crippen LogP contribution < -0.4 is 5.32 Å². The summed E-state index contributed by atoms with van der Waals surface area (Å²) in [6.07, 6.45) is 2.50. The molecule has 0 amide bonds. The first-order valence-electron chi connectivity index (χ1n) is 8.18. The lowest BCUT2D eigenvalue weighted by molar-refractivity contribution is 0.363. The highest BCUT2D eigenvalue weighted by Crippen LogP contribution is 2.23. The minimum atomic E-state index is 0.624. The Morgan fingerprint density at radius 1 is 0.850 bits per heavy atom. The Hall–Kier alpha value is -0.820. The minimum absolute atomic E-state index is 0.624. The van der Waals surface area contributed by atoms with Crippen LogP contribution in [0.1, 0.15) is 64.5 Å². The standard InChI is InChI=1S/C19H33N/c1-14(2)11-19(20-13-15(3)4)12-17(6)18-9-7-16(5)8-10-18/h7-10,14-15,17,19-20H,11-13H2,1-6H3. The molecule has 0 saturated heterocycles. The van der Waals surface area contributed by atoms with Gasteiger partial charge in [0.1, 0.15) is 0 Å². The molecule has 0 bridgehead atoms. The summed E-state index contributed by atoms with van der Waals surface area (Å²) in [4.78, 5) is 0. The second-order valence-corrected chi connectivity index (χ2v) is 7.18. The van der Waals surface area contributed by atoms with E-state index in [4.69, 9.17) is 0 Å². The van der Waals surface area contributed by atoms with Gasteiger partial charge in [-0.05, 0) is 49.6 Å².